The van der Waals surface area contributed by atoms with E-state index in [0.717, 1.165) is 16.9 Å². The number of piperazine rings is 1. The van der Waals surface area contributed by atoms with Crippen molar-refractivity contribution in [1.29, 1.82) is 0 Å². The number of carbonyl (C=O) groups is 1. The van der Waals surface area contributed by atoms with E-state index in [1.165, 1.54) is 10.5 Å². The van der Waals surface area contributed by atoms with E-state index >= 15 is 0 Å². The largest absolute Gasteiger partial charge is 0.353 e. The smallest absolute Gasteiger partial charge is 0.272 e. The highest BCUT2D eigenvalue weighted by atomic mass is 32.2. The molecule has 2 aliphatic rings. The number of anilines is 2. The van der Waals surface area contributed by atoms with Crippen molar-refractivity contribution < 1.29 is 13.2 Å². The molecule has 0 saturated carbocycles. The van der Waals surface area contributed by atoms with Crippen LogP contribution < -0.4 is 9.21 Å². The van der Waals surface area contributed by atoms with Gasteiger partial charge in [0, 0.05) is 38.9 Å². The second-order valence-electron chi connectivity index (χ2n) is 7.58. The van der Waals surface area contributed by atoms with Gasteiger partial charge in [0.2, 0.25) is 10.0 Å². The predicted octanol–water partition coefficient (Wildman–Crippen LogP) is 1.60. The van der Waals surface area contributed by atoms with E-state index in [9.17, 15) is 13.2 Å². The molecule has 29 heavy (non-hydrogen) atoms. The molecule has 2 saturated heterocycles. The van der Waals surface area contributed by atoms with Crippen LogP contribution in [-0.2, 0) is 10.0 Å². The minimum Gasteiger partial charge on any atom is -0.353 e. The van der Waals surface area contributed by atoms with Crippen LogP contribution in [0.3, 0.4) is 0 Å². The number of hydrogen-bond donors (Lipinski definition) is 0. The number of hydrogen-bond acceptors (Lipinski definition) is 6. The van der Waals surface area contributed by atoms with Gasteiger partial charge < -0.3 is 9.80 Å². The molecule has 2 aromatic heterocycles. The van der Waals surface area contributed by atoms with E-state index in [1.807, 2.05) is 13.1 Å². The number of carbonyl (C=O) groups excluding carboxylic acids is 1. The van der Waals surface area contributed by atoms with Gasteiger partial charge in [0.25, 0.3) is 5.91 Å². The lowest BCUT2D eigenvalue weighted by Crippen LogP contribution is -2.49. The van der Waals surface area contributed by atoms with Crippen molar-refractivity contribution in [3.8, 4) is 0 Å². The monoisotopic (exact) mass is 415 g/mol. The molecule has 0 N–H and O–H groups in total. The molecule has 0 aliphatic carbocycles. The lowest BCUT2D eigenvalue weighted by molar-refractivity contribution is 0.0740. The molecular weight excluding hydrogens is 390 g/mol. The first-order valence-corrected chi connectivity index (χ1v) is 11.4. The summed E-state index contributed by atoms with van der Waals surface area (Å²) in [5.74, 6) is 0.999. The Kier molecular flexibility index (Phi) is 5.16. The Morgan fingerprint density at radius 1 is 1.00 bits per heavy atom. The molecule has 2 fully saturated rings. The van der Waals surface area contributed by atoms with Crippen molar-refractivity contribution in [2.75, 3.05) is 47.7 Å². The van der Waals surface area contributed by atoms with E-state index < -0.39 is 10.0 Å². The molecule has 2 aromatic rings. The van der Waals surface area contributed by atoms with Crippen LogP contribution >= 0.6 is 0 Å². The van der Waals surface area contributed by atoms with Crippen LogP contribution in [0.1, 0.15) is 28.0 Å². The first kappa shape index (κ1) is 19.6. The molecule has 0 atom stereocenters. The van der Waals surface area contributed by atoms with Gasteiger partial charge in [0.1, 0.15) is 11.5 Å². The Hall–Kier alpha value is -2.68. The van der Waals surface area contributed by atoms with Gasteiger partial charge in [-0.1, -0.05) is 6.07 Å². The molecule has 154 valence electrons. The number of aromatic nitrogens is 2. The summed E-state index contributed by atoms with van der Waals surface area (Å²) in [5.41, 5.74) is 3.13. The van der Waals surface area contributed by atoms with Crippen LogP contribution in [0.15, 0.2) is 30.6 Å². The summed E-state index contributed by atoms with van der Waals surface area (Å²) in [6.45, 7) is 7.16. The van der Waals surface area contributed by atoms with Crippen molar-refractivity contribution in [2.24, 2.45) is 0 Å². The fraction of sp³-hybridized carbons (Fsp3) is 0.450. The number of aryl methyl sites for hydroxylation is 2. The van der Waals surface area contributed by atoms with Gasteiger partial charge in [-0.15, -0.1) is 0 Å². The van der Waals surface area contributed by atoms with Crippen LogP contribution in [0, 0.1) is 13.8 Å². The van der Waals surface area contributed by atoms with Crippen LogP contribution in [-0.4, -0.2) is 67.7 Å². The second-order valence-corrected chi connectivity index (χ2v) is 9.59. The molecule has 0 bridgehead atoms. The van der Waals surface area contributed by atoms with E-state index in [4.69, 9.17) is 0 Å². The highest BCUT2D eigenvalue weighted by Crippen LogP contribution is 2.24. The molecule has 0 aromatic carbocycles. The van der Waals surface area contributed by atoms with Gasteiger partial charge in [-0.05, 0) is 43.5 Å². The van der Waals surface area contributed by atoms with Crippen molar-refractivity contribution in [3.63, 3.8) is 0 Å². The summed E-state index contributed by atoms with van der Waals surface area (Å²) in [7, 11) is -3.25. The first-order chi connectivity index (χ1) is 13.8. The van der Waals surface area contributed by atoms with Gasteiger partial charge in [0.05, 0.1) is 17.6 Å². The van der Waals surface area contributed by atoms with Crippen molar-refractivity contribution >= 4 is 27.4 Å². The van der Waals surface area contributed by atoms with Gasteiger partial charge in [-0.2, -0.15) is 0 Å². The topological polar surface area (TPSA) is 86.7 Å². The maximum atomic E-state index is 12.8. The number of amides is 1. The van der Waals surface area contributed by atoms with Crippen molar-refractivity contribution in [2.45, 2.75) is 20.3 Å². The number of nitrogens with zero attached hydrogens (tertiary/aromatic N) is 5. The Morgan fingerprint density at radius 2 is 1.76 bits per heavy atom. The first-order valence-electron chi connectivity index (χ1n) is 9.79. The third kappa shape index (κ3) is 3.91. The third-order valence-corrected chi connectivity index (χ3v) is 7.28. The zero-order valence-electron chi connectivity index (χ0n) is 16.7. The quantitative estimate of drug-likeness (QED) is 0.757. The molecule has 0 unspecified atom stereocenters. The van der Waals surface area contributed by atoms with Gasteiger partial charge in [-0.3, -0.25) is 9.10 Å². The summed E-state index contributed by atoms with van der Waals surface area (Å²) in [6.07, 6.45) is 3.96. The SMILES string of the molecule is Cc1cnc(N2CCN(C(=O)c3ccc(N4CCCS4(=O)=O)cn3)CC2)c(C)c1. The van der Waals surface area contributed by atoms with Gasteiger partial charge in [0.15, 0.2) is 0 Å². The Bertz CT molecular complexity index is 1010. The highest BCUT2D eigenvalue weighted by molar-refractivity contribution is 7.93. The summed E-state index contributed by atoms with van der Waals surface area (Å²) in [4.78, 5) is 25.6. The Morgan fingerprint density at radius 3 is 2.34 bits per heavy atom. The average Bonchev–Trinajstić information content (AvgIpc) is 3.07. The molecule has 2 aliphatic heterocycles. The fourth-order valence-corrected chi connectivity index (χ4v) is 5.46. The van der Waals surface area contributed by atoms with E-state index in [2.05, 4.69) is 27.9 Å². The molecule has 0 spiro atoms. The average molecular weight is 416 g/mol. The number of rotatable bonds is 3. The molecule has 4 rings (SSSR count). The zero-order chi connectivity index (χ0) is 20.6. The fourth-order valence-electron chi connectivity index (χ4n) is 3.91. The Balaban J connectivity index is 1.41. The summed E-state index contributed by atoms with van der Waals surface area (Å²) in [6, 6.07) is 5.40. The van der Waals surface area contributed by atoms with Crippen LogP contribution in [0.4, 0.5) is 11.5 Å². The minimum absolute atomic E-state index is 0.130. The molecule has 4 heterocycles. The van der Waals surface area contributed by atoms with Gasteiger partial charge in [-0.25, -0.2) is 18.4 Å². The highest BCUT2D eigenvalue weighted by Gasteiger charge is 2.29. The minimum atomic E-state index is -3.25. The van der Waals surface area contributed by atoms with E-state index in [1.54, 1.807) is 17.0 Å². The normalized spacial score (nSPS) is 18.9. The summed E-state index contributed by atoms with van der Waals surface area (Å²) >= 11 is 0. The van der Waals surface area contributed by atoms with E-state index in [-0.39, 0.29) is 11.7 Å². The lowest BCUT2D eigenvalue weighted by atomic mass is 10.2. The zero-order valence-corrected chi connectivity index (χ0v) is 17.5. The number of sulfonamides is 1. The number of pyridine rings is 2. The molecule has 1 amide bonds. The maximum absolute atomic E-state index is 12.8. The standard InChI is InChI=1S/C20H25N5O3S/c1-15-12-16(2)19(22-13-15)23-7-9-24(10-8-23)20(26)18-5-4-17(14-21-18)25-6-3-11-29(25,27)28/h4-5,12-14H,3,6-11H2,1-2H3. The van der Waals surface area contributed by atoms with Crippen molar-refractivity contribution in [1.82, 2.24) is 14.9 Å². The second kappa shape index (κ2) is 7.62. The van der Waals surface area contributed by atoms with Gasteiger partial charge >= 0.3 is 0 Å². The van der Waals surface area contributed by atoms with Crippen LogP contribution in [0.25, 0.3) is 0 Å². The predicted molar refractivity (Wildman–Crippen MR) is 112 cm³/mol. The van der Waals surface area contributed by atoms with Crippen LogP contribution in [0.5, 0.6) is 0 Å². The lowest BCUT2D eigenvalue weighted by Gasteiger charge is -2.36. The Labute approximate surface area is 171 Å². The summed E-state index contributed by atoms with van der Waals surface area (Å²) in [5, 5.41) is 0. The molecule has 8 nitrogen and oxygen atoms in total. The third-order valence-electron chi connectivity index (χ3n) is 5.41. The maximum Gasteiger partial charge on any atom is 0.272 e. The molecular formula is C20H25N5O3S. The van der Waals surface area contributed by atoms with E-state index in [0.29, 0.717) is 50.5 Å². The van der Waals surface area contributed by atoms with Crippen LogP contribution in [0.2, 0.25) is 0 Å². The van der Waals surface area contributed by atoms with Crippen molar-refractivity contribution in [3.05, 3.63) is 47.4 Å². The summed E-state index contributed by atoms with van der Waals surface area (Å²) < 4.78 is 25.4. The molecule has 0 radical (unpaired) electrons. The molecule has 9 heteroatoms.